The molecule has 0 aromatic heterocycles. The number of aliphatic hydroxyl groups excluding tert-OH is 3. The van der Waals surface area contributed by atoms with E-state index in [0.29, 0.717) is 12.8 Å². The largest absolute Gasteiger partial charge is 0.394 e. The van der Waals surface area contributed by atoms with Crippen LogP contribution in [0.5, 0.6) is 0 Å². The van der Waals surface area contributed by atoms with Gasteiger partial charge in [-0.3, -0.25) is 4.79 Å². The zero-order valence-electron chi connectivity index (χ0n) is 43.0. The van der Waals surface area contributed by atoms with Crippen molar-refractivity contribution in [2.45, 2.75) is 347 Å². The number of allylic oxidation sites excluding steroid dienone is 2. The molecule has 0 aromatic carbocycles. The molecule has 376 valence electrons. The minimum absolute atomic E-state index is 0.138. The number of rotatable bonds is 54. The Morgan fingerprint density at radius 3 is 0.921 bits per heavy atom. The number of carbonyl (C=O) groups excluding carboxylic acids is 1. The summed E-state index contributed by atoms with van der Waals surface area (Å²) in [5.41, 5.74) is 0. The van der Waals surface area contributed by atoms with Gasteiger partial charge in [0.2, 0.25) is 5.91 Å². The summed E-state index contributed by atoms with van der Waals surface area (Å²) in [6.45, 7) is 4.22. The number of carbonyl (C=O) groups is 1. The number of amides is 1. The minimum Gasteiger partial charge on any atom is -0.394 e. The molecule has 0 spiro atoms. The summed E-state index contributed by atoms with van der Waals surface area (Å²) in [5.74, 6) is -0.138. The predicted molar refractivity (Wildman–Crippen MR) is 278 cm³/mol. The molecule has 0 heterocycles. The quantitative estimate of drug-likeness (QED) is 0.0362. The number of unbranched alkanes of at least 4 members (excludes halogenated alkanes) is 44. The van der Waals surface area contributed by atoms with Crippen LogP contribution in [-0.4, -0.2) is 46.1 Å². The van der Waals surface area contributed by atoms with Gasteiger partial charge in [-0.1, -0.05) is 296 Å². The second-order valence-electron chi connectivity index (χ2n) is 20.2. The van der Waals surface area contributed by atoms with E-state index in [1.165, 1.54) is 270 Å². The van der Waals surface area contributed by atoms with Crippen molar-refractivity contribution in [1.82, 2.24) is 5.32 Å². The van der Waals surface area contributed by atoms with Crippen LogP contribution in [0.2, 0.25) is 0 Å². The molecule has 5 nitrogen and oxygen atoms in total. The highest BCUT2D eigenvalue weighted by Gasteiger charge is 2.26. The standard InChI is InChI=1S/C58H115NO4/c1-3-5-7-9-11-13-15-17-19-21-22-23-24-25-26-27-28-29-30-31-32-33-34-35-37-39-41-43-45-47-49-51-53-57(62)59-55(54-60)58(63)56(61)52-50-48-46-44-42-40-38-36-20-18-16-14-12-10-8-6-4-2/h25-26,55-56,58,60-61,63H,3-24,27-54H2,1-2H3,(H,59,62)/b26-25-. The zero-order valence-corrected chi connectivity index (χ0v) is 43.0. The predicted octanol–water partition coefficient (Wildman–Crippen LogP) is 17.9. The van der Waals surface area contributed by atoms with Crippen LogP contribution in [0.4, 0.5) is 0 Å². The lowest BCUT2D eigenvalue weighted by Crippen LogP contribution is -2.50. The van der Waals surface area contributed by atoms with Crippen LogP contribution in [0.1, 0.15) is 328 Å². The first-order chi connectivity index (χ1) is 31.1. The molecule has 0 aliphatic carbocycles. The summed E-state index contributed by atoms with van der Waals surface area (Å²) >= 11 is 0. The summed E-state index contributed by atoms with van der Waals surface area (Å²) < 4.78 is 0. The van der Waals surface area contributed by atoms with Crippen LogP contribution >= 0.6 is 0 Å². The molecule has 4 N–H and O–H groups in total. The van der Waals surface area contributed by atoms with E-state index >= 15 is 0 Å². The molecule has 0 rings (SSSR count). The number of hydrogen-bond donors (Lipinski definition) is 4. The number of aliphatic hydroxyl groups is 3. The summed E-state index contributed by atoms with van der Waals surface area (Å²) in [6.07, 6.45) is 66.6. The molecule has 0 saturated heterocycles. The van der Waals surface area contributed by atoms with Crippen LogP contribution in [0.3, 0.4) is 0 Å². The highest BCUT2D eigenvalue weighted by Crippen LogP contribution is 2.18. The fraction of sp³-hybridized carbons (Fsp3) is 0.948. The van der Waals surface area contributed by atoms with E-state index in [2.05, 4.69) is 31.3 Å². The maximum absolute atomic E-state index is 12.5. The molecule has 0 aliphatic rings. The molecule has 0 aromatic rings. The third-order valence-electron chi connectivity index (χ3n) is 13.9. The van der Waals surface area contributed by atoms with Gasteiger partial charge in [0.05, 0.1) is 18.8 Å². The average Bonchev–Trinajstić information content (AvgIpc) is 3.29. The maximum atomic E-state index is 12.5. The first-order valence-corrected chi connectivity index (χ1v) is 29.0. The highest BCUT2D eigenvalue weighted by molar-refractivity contribution is 5.76. The van der Waals surface area contributed by atoms with Gasteiger partial charge in [-0.05, 0) is 38.5 Å². The zero-order chi connectivity index (χ0) is 45.8. The molecule has 0 bridgehead atoms. The van der Waals surface area contributed by atoms with E-state index in [1.54, 1.807) is 0 Å². The Kier molecular flexibility index (Phi) is 52.9. The summed E-state index contributed by atoms with van der Waals surface area (Å²) in [7, 11) is 0. The van der Waals surface area contributed by atoms with E-state index in [-0.39, 0.29) is 12.5 Å². The van der Waals surface area contributed by atoms with Gasteiger partial charge in [0.25, 0.3) is 0 Å². The maximum Gasteiger partial charge on any atom is 0.220 e. The van der Waals surface area contributed by atoms with E-state index in [0.717, 1.165) is 32.1 Å². The first kappa shape index (κ1) is 62.1. The lowest BCUT2D eigenvalue weighted by Gasteiger charge is -2.26. The third-order valence-corrected chi connectivity index (χ3v) is 13.9. The van der Waals surface area contributed by atoms with Gasteiger partial charge in [0, 0.05) is 6.42 Å². The van der Waals surface area contributed by atoms with Gasteiger partial charge in [-0.2, -0.15) is 0 Å². The van der Waals surface area contributed by atoms with E-state index < -0.39 is 18.2 Å². The van der Waals surface area contributed by atoms with Crippen LogP contribution in [0.15, 0.2) is 12.2 Å². The third kappa shape index (κ3) is 48.8. The normalized spacial score (nSPS) is 13.3. The molecule has 3 atom stereocenters. The van der Waals surface area contributed by atoms with Crippen molar-refractivity contribution in [3.8, 4) is 0 Å². The molecule has 0 aliphatic heterocycles. The second kappa shape index (κ2) is 53.7. The fourth-order valence-corrected chi connectivity index (χ4v) is 9.40. The Balaban J connectivity index is 3.47. The number of hydrogen-bond acceptors (Lipinski definition) is 4. The molecular formula is C58H115NO4. The van der Waals surface area contributed by atoms with Gasteiger partial charge < -0.3 is 20.6 Å². The number of nitrogens with one attached hydrogen (secondary N) is 1. The van der Waals surface area contributed by atoms with Crippen LogP contribution < -0.4 is 5.32 Å². The monoisotopic (exact) mass is 890 g/mol. The van der Waals surface area contributed by atoms with Crippen molar-refractivity contribution in [3.05, 3.63) is 12.2 Å². The van der Waals surface area contributed by atoms with Gasteiger partial charge in [0.1, 0.15) is 6.10 Å². The molecule has 3 unspecified atom stereocenters. The lowest BCUT2D eigenvalue weighted by molar-refractivity contribution is -0.124. The van der Waals surface area contributed by atoms with Crippen molar-refractivity contribution in [3.63, 3.8) is 0 Å². The van der Waals surface area contributed by atoms with Crippen LogP contribution in [0, 0.1) is 0 Å². The summed E-state index contributed by atoms with van der Waals surface area (Å²) in [6, 6.07) is -0.806. The Bertz CT molecular complexity index is 894. The van der Waals surface area contributed by atoms with Gasteiger partial charge >= 0.3 is 0 Å². The Morgan fingerprint density at radius 2 is 0.635 bits per heavy atom. The van der Waals surface area contributed by atoms with Crippen molar-refractivity contribution in [2.75, 3.05) is 6.61 Å². The fourth-order valence-electron chi connectivity index (χ4n) is 9.40. The molecule has 0 radical (unpaired) electrons. The summed E-state index contributed by atoms with van der Waals surface area (Å²) in [5, 5.41) is 33.8. The molecule has 63 heavy (non-hydrogen) atoms. The average molecular weight is 891 g/mol. The van der Waals surface area contributed by atoms with Crippen molar-refractivity contribution >= 4 is 5.91 Å². The van der Waals surface area contributed by atoms with Crippen molar-refractivity contribution < 1.29 is 20.1 Å². The molecule has 0 saturated carbocycles. The molecule has 5 heteroatoms. The lowest BCUT2D eigenvalue weighted by atomic mass is 9.99. The Labute approximate surface area is 395 Å². The molecular weight excluding hydrogens is 775 g/mol. The summed E-state index contributed by atoms with van der Waals surface area (Å²) in [4.78, 5) is 12.5. The first-order valence-electron chi connectivity index (χ1n) is 29.0. The topological polar surface area (TPSA) is 89.8 Å². The van der Waals surface area contributed by atoms with Crippen molar-refractivity contribution in [1.29, 1.82) is 0 Å². The second-order valence-corrected chi connectivity index (χ2v) is 20.2. The van der Waals surface area contributed by atoms with E-state index in [1.807, 2.05) is 0 Å². The van der Waals surface area contributed by atoms with Crippen LogP contribution in [-0.2, 0) is 4.79 Å². The van der Waals surface area contributed by atoms with Gasteiger partial charge in [-0.25, -0.2) is 0 Å². The van der Waals surface area contributed by atoms with E-state index in [4.69, 9.17) is 0 Å². The minimum atomic E-state index is -1.13. The Hall–Kier alpha value is -0.910. The van der Waals surface area contributed by atoms with Gasteiger partial charge in [-0.15, -0.1) is 0 Å². The van der Waals surface area contributed by atoms with Crippen molar-refractivity contribution in [2.24, 2.45) is 0 Å². The van der Waals surface area contributed by atoms with Crippen LogP contribution in [0.25, 0.3) is 0 Å². The molecule has 1 amide bonds. The highest BCUT2D eigenvalue weighted by atomic mass is 16.3. The Morgan fingerprint density at radius 1 is 0.381 bits per heavy atom. The smallest absolute Gasteiger partial charge is 0.220 e. The molecule has 0 fully saturated rings. The SMILES string of the molecule is CCCCCCCCCCCCCC/C=C\CCCCCCCCCCCCCCCCCCC(=O)NC(CO)C(O)C(O)CCCCCCCCCCCCCCCCCCC. The van der Waals surface area contributed by atoms with E-state index in [9.17, 15) is 20.1 Å². The van der Waals surface area contributed by atoms with Gasteiger partial charge in [0.15, 0.2) is 0 Å².